The molecular weight excluding hydrogens is 543 g/mol. The summed E-state index contributed by atoms with van der Waals surface area (Å²) < 4.78 is 0. The SMILES string of the molecule is CC1=[C-]C(C)(C)C(C)=C1C.C[SiH]C.[Br-].[Br-].[C-]1=CC=CC1.[C-]1=CC=CC1.[Zr+2]. The molecule has 0 bridgehead atoms. The van der Waals surface area contributed by atoms with E-state index in [1.807, 2.05) is 24.3 Å². The van der Waals surface area contributed by atoms with Crippen LogP contribution in [-0.4, -0.2) is 9.52 Å². The van der Waals surface area contributed by atoms with Crippen molar-refractivity contribution >= 4 is 9.52 Å². The minimum Gasteiger partial charge on any atom is -1.00 e. The van der Waals surface area contributed by atoms with Gasteiger partial charge in [-0.3, -0.25) is 18.2 Å². The summed E-state index contributed by atoms with van der Waals surface area (Å²) in [7, 11) is 0.750. The van der Waals surface area contributed by atoms with Gasteiger partial charge in [0.05, 0.1) is 0 Å². The first-order chi connectivity index (χ1) is 10.9. The number of hydrogen-bond acceptors (Lipinski definition) is 0. The summed E-state index contributed by atoms with van der Waals surface area (Å²) in [5, 5.41) is 0. The molecule has 0 N–H and O–H groups in total. The Bertz CT molecular complexity index is 482. The molecular formula is C22H32Br2SiZr-3. The molecule has 0 amide bonds. The second kappa shape index (κ2) is 20.2. The van der Waals surface area contributed by atoms with Crippen LogP contribution in [0.3, 0.4) is 0 Å². The van der Waals surface area contributed by atoms with Crippen LogP contribution in [0, 0.1) is 23.6 Å². The Kier molecular flexibility index (Phi) is 26.5. The van der Waals surface area contributed by atoms with Crippen LogP contribution < -0.4 is 34.0 Å². The molecule has 0 aromatic carbocycles. The van der Waals surface area contributed by atoms with Crippen LogP contribution in [-0.2, 0) is 26.2 Å². The van der Waals surface area contributed by atoms with Crippen LogP contribution in [0.2, 0.25) is 13.1 Å². The first-order valence-electron chi connectivity index (χ1n) is 8.34. The molecule has 4 heteroatoms. The third kappa shape index (κ3) is 15.5. The Labute approximate surface area is 205 Å². The second-order valence-electron chi connectivity index (χ2n) is 6.21. The summed E-state index contributed by atoms with van der Waals surface area (Å²) in [6, 6.07) is 0. The van der Waals surface area contributed by atoms with Crippen LogP contribution in [0.4, 0.5) is 0 Å². The Morgan fingerprint density at radius 2 is 1.27 bits per heavy atom. The Morgan fingerprint density at radius 3 is 1.35 bits per heavy atom. The van der Waals surface area contributed by atoms with Crippen molar-refractivity contribution in [2.45, 2.75) is 60.6 Å². The third-order valence-corrected chi connectivity index (χ3v) is 3.73. The summed E-state index contributed by atoms with van der Waals surface area (Å²) in [6.45, 7) is 15.3. The largest absolute Gasteiger partial charge is 2.00 e. The summed E-state index contributed by atoms with van der Waals surface area (Å²) in [6.07, 6.45) is 23.4. The summed E-state index contributed by atoms with van der Waals surface area (Å²) in [5.74, 6) is 0. The van der Waals surface area contributed by atoms with Crippen LogP contribution in [0.5, 0.6) is 0 Å². The molecule has 0 nitrogen and oxygen atoms in total. The maximum atomic E-state index is 3.44. The first kappa shape index (κ1) is 34.0. The molecule has 3 aliphatic rings. The van der Waals surface area contributed by atoms with Gasteiger partial charge in [-0.05, 0) is 0 Å². The van der Waals surface area contributed by atoms with Gasteiger partial charge in [-0.2, -0.15) is 23.3 Å². The average Bonchev–Trinajstić information content (AvgIpc) is 3.24. The van der Waals surface area contributed by atoms with E-state index in [2.05, 4.69) is 78.1 Å². The molecule has 0 fully saturated rings. The van der Waals surface area contributed by atoms with E-state index in [9.17, 15) is 0 Å². The molecule has 145 valence electrons. The quantitative estimate of drug-likeness (QED) is 0.287. The fourth-order valence-corrected chi connectivity index (χ4v) is 2.09. The van der Waals surface area contributed by atoms with Gasteiger partial charge in [-0.25, -0.2) is 29.9 Å². The summed E-state index contributed by atoms with van der Waals surface area (Å²) in [5.41, 5.74) is 4.39. The van der Waals surface area contributed by atoms with Crippen molar-refractivity contribution in [3.8, 4) is 0 Å². The van der Waals surface area contributed by atoms with Gasteiger partial charge in [0.25, 0.3) is 0 Å². The van der Waals surface area contributed by atoms with Crippen LogP contribution in [0.1, 0.15) is 47.5 Å². The zero-order valence-corrected chi connectivity index (χ0v) is 24.0. The van der Waals surface area contributed by atoms with E-state index < -0.39 is 0 Å². The van der Waals surface area contributed by atoms with Crippen LogP contribution in [0.15, 0.2) is 53.2 Å². The topological polar surface area (TPSA) is 0 Å². The predicted octanol–water partition coefficient (Wildman–Crippen LogP) is 0.248. The molecule has 3 rings (SSSR count). The molecule has 0 aromatic heterocycles. The van der Waals surface area contributed by atoms with E-state index in [4.69, 9.17) is 0 Å². The smallest absolute Gasteiger partial charge is 1.00 e. The van der Waals surface area contributed by atoms with Gasteiger partial charge in [0.1, 0.15) is 0 Å². The molecule has 0 aromatic rings. The fourth-order valence-electron chi connectivity index (χ4n) is 2.09. The van der Waals surface area contributed by atoms with Crippen molar-refractivity contribution in [1.29, 1.82) is 0 Å². The molecule has 1 radical (unpaired) electrons. The van der Waals surface area contributed by atoms with Crippen molar-refractivity contribution in [1.82, 2.24) is 0 Å². The van der Waals surface area contributed by atoms with Gasteiger partial charge in [0, 0.05) is 9.52 Å². The van der Waals surface area contributed by atoms with Gasteiger partial charge in [0.2, 0.25) is 0 Å². The molecule has 0 unspecified atom stereocenters. The molecule has 0 saturated carbocycles. The van der Waals surface area contributed by atoms with Gasteiger partial charge < -0.3 is 34.0 Å². The second-order valence-corrected chi connectivity index (χ2v) is 7.36. The van der Waals surface area contributed by atoms with Crippen molar-refractivity contribution in [2.75, 3.05) is 0 Å². The van der Waals surface area contributed by atoms with E-state index >= 15 is 0 Å². The molecule has 0 saturated heterocycles. The fraction of sp³-hybridized carbons (Fsp3) is 0.455. The molecule has 0 spiro atoms. The monoisotopic (exact) mass is 572 g/mol. The average molecular weight is 576 g/mol. The van der Waals surface area contributed by atoms with E-state index in [1.165, 1.54) is 16.7 Å². The van der Waals surface area contributed by atoms with Crippen molar-refractivity contribution in [3.63, 3.8) is 0 Å². The predicted molar refractivity (Wildman–Crippen MR) is 107 cm³/mol. The normalized spacial score (nSPS) is 16.5. The summed E-state index contributed by atoms with van der Waals surface area (Å²) >= 11 is 0. The first-order valence-corrected chi connectivity index (χ1v) is 10.6. The van der Waals surface area contributed by atoms with Gasteiger partial charge in [0.15, 0.2) is 0 Å². The third-order valence-electron chi connectivity index (χ3n) is 3.73. The van der Waals surface area contributed by atoms with Crippen molar-refractivity contribution in [2.24, 2.45) is 5.41 Å². The minimum atomic E-state index is 0. The maximum Gasteiger partial charge on any atom is 2.00 e. The molecule has 0 heterocycles. The van der Waals surface area contributed by atoms with E-state index in [0.717, 1.165) is 22.4 Å². The number of halogens is 2. The van der Waals surface area contributed by atoms with Crippen molar-refractivity contribution in [3.05, 3.63) is 71.4 Å². The van der Waals surface area contributed by atoms with E-state index in [0.29, 0.717) is 0 Å². The Morgan fingerprint density at radius 1 is 0.885 bits per heavy atom. The standard InChI is InChI=1S/C10H15.2C5H5.C2H7Si.2BrH.Zr/c1-7-6-10(4,5)9(3)8(7)2;2*1-2-4-5-3-1;1-3-2;;;/h1-5H3;2*1-3H,4H2;3H,1-2H3;2*1H;/q3*-1;;;;+2/p-2. The number of hydrogen-bond donors (Lipinski definition) is 0. The Balaban J connectivity index is -0.000000131. The number of rotatable bonds is 0. The zero-order chi connectivity index (χ0) is 17.7. The maximum absolute atomic E-state index is 3.44. The van der Waals surface area contributed by atoms with Gasteiger partial charge >= 0.3 is 26.2 Å². The minimum absolute atomic E-state index is 0. The number of allylic oxidation sites excluding steroid dienone is 12. The van der Waals surface area contributed by atoms with Crippen molar-refractivity contribution < 1.29 is 60.2 Å². The van der Waals surface area contributed by atoms with E-state index in [1.54, 1.807) is 0 Å². The van der Waals surface area contributed by atoms with Crippen LogP contribution in [0.25, 0.3) is 0 Å². The zero-order valence-electron chi connectivity index (χ0n) is 17.2. The molecule has 0 atom stereocenters. The molecule has 0 aliphatic heterocycles. The molecule has 26 heavy (non-hydrogen) atoms. The Hall–Kier alpha value is 0.500. The van der Waals surface area contributed by atoms with Gasteiger partial charge in [-0.15, -0.1) is 19.8 Å². The molecule has 3 aliphatic carbocycles. The summed E-state index contributed by atoms with van der Waals surface area (Å²) in [4.78, 5) is 0. The van der Waals surface area contributed by atoms with Gasteiger partial charge in [-0.1, -0.05) is 46.2 Å². The van der Waals surface area contributed by atoms with Crippen LogP contribution >= 0.6 is 0 Å². The van der Waals surface area contributed by atoms with E-state index in [-0.39, 0.29) is 65.6 Å².